The zero-order valence-corrected chi connectivity index (χ0v) is 20.9. The zero-order valence-electron chi connectivity index (χ0n) is 20.0. The maximum Gasteiger partial charge on any atom is 0.255 e. The quantitative estimate of drug-likeness (QED) is 0.599. The number of amides is 2. The fourth-order valence-corrected chi connectivity index (χ4v) is 5.89. The van der Waals surface area contributed by atoms with Gasteiger partial charge in [-0.05, 0) is 74.8 Å². The van der Waals surface area contributed by atoms with Crippen LogP contribution < -0.4 is 15.1 Å². The number of anilines is 2. The number of carbonyl (C=O) groups is 2. The molecule has 1 saturated carbocycles. The standard InChI is InChI=1S/C26H28FN5O3S/c1-16-11-19(15-29-22(16)13-28)31-24(34)26(7-2-8-26)32(25(31)36)18-3-4-20(21(27)12-18)23(33)30-14-17-5-9-35-10-6-17/h3-4,11-12,15,17,25,36H,2,5-10,14H2,1H3,(H,30,33). The Morgan fingerprint density at radius 3 is 2.67 bits per heavy atom. The predicted molar refractivity (Wildman–Crippen MR) is 135 cm³/mol. The molecule has 2 aliphatic heterocycles. The average Bonchev–Trinajstić information content (AvgIpc) is 3.09. The van der Waals surface area contributed by atoms with Crippen LogP contribution in [0.1, 0.15) is 53.7 Å². The van der Waals surface area contributed by atoms with E-state index in [0.717, 1.165) is 19.3 Å². The first kappa shape index (κ1) is 24.5. The number of carbonyl (C=O) groups excluding carboxylic acids is 2. The molecule has 2 aromatic rings. The van der Waals surface area contributed by atoms with Gasteiger partial charge in [0, 0.05) is 25.4 Å². The van der Waals surface area contributed by atoms with E-state index in [1.54, 1.807) is 24.0 Å². The van der Waals surface area contributed by atoms with Crippen molar-refractivity contribution in [3.05, 3.63) is 53.1 Å². The predicted octanol–water partition coefficient (Wildman–Crippen LogP) is 3.55. The number of nitrogens with one attached hydrogen (secondary N) is 1. The van der Waals surface area contributed by atoms with Crippen molar-refractivity contribution in [2.24, 2.45) is 5.92 Å². The fraction of sp³-hybridized carbons (Fsp3) is 0.462. The number of hydrogen-bond donors (Lipinski definition) is 2. The third-order valence-electron chi connectivity index (χ3n) is 7.54. The molecule has 36 heavy (non-hydrogen) atoms. The van der Waals surface area contributed by atoms with Crippen LogP contribution in [0.25, 0.3) is 0 Å². The summed E-state index contributed by atoms with van der Waals surface area (Å²) in [7, 11) is 0. The van der Waals surface area contributed by atoms with E-state index < -0.39 is 22.8 Å². The van der Waals surface area contributed by atoms with Gasteiger partial charge in [-0.2, -0.15) is 5.26 Å². The minimum absolute atomic E-state index is 0.0292. The van der Waals surface area contributed by atoms with Crippen LogP contribution in [0.15, 0.2) is 30.5 Å². The maximum atomic E-state index is 15.2. The molecule has 3 aliphatic rings. The molecule has 8 nitrogen and oxygen atoms in total. The number of thiol groups is 1. The molecular weight excluding hydrogens is 481 g/mol. The Kier molecular flexibility index (Phi) is 6.62. The van der Waals surface area contributed by atoms with E-state index in [9.17, 15) is 14.9 Å². The van der Waals surface area contributed by atoms with Gasteiger partial charge in [0.2, 0.25) is 0 Å². The molecule has 0 bridgehead atoms. The topological polar surface area (TPSA) is 98.6 Å². The van der Waals surface area contributed by atoms with Gasteiger partial charge < -0.3 is 15.0 Å². The molecule has 1 unspecified atom stereocenters. The Balaban J connectivity index is 1.39. The lowest BCUT2D eigenvalue weighted by Gasteiger charge is -2.44. The summed E-state index contributed by atoms with van der Waals surface area (Å²) in [5.74, 6) is -0.896. The van der Waals surface area contributed by atoms with Gasteiger partial charge in [-0.1, -0.05) is 0 Å². The molecule has 1 N–H and O–H groups in total. The summed E-state index contributed by atoms with van der Waals surface area (Å²) >= 11 is 4.77. The van der Waals surface area contributed by atoms with Gasteiger partial charge in [-0.15, -0.1) is 12.6 Å². The third-order valence-corrected chi connectivity index (χ3v) is 8.00. The molecule has 2 amide bonds. The second-order valence-corrected chi connectivity index (χ2v) is 10.1. The number of pyridine rings is 1. The third kappa shape index (κ3) is 4.10. The summed E-state index contributed by atoms with van der Waals surface area (Å²) in [5, 5.41) is 12.0. The maximum absolute atomic E-state index is 15.2. The molecule has 1 aromatic carbocycles. The van der Waals surface area contributed by atoms with Crippen LogP contribution in [0.2, 0.25) is 0 Å². The first-order valence-corrected chi connectivity index (χ1v) is 12.7. The molecule has 0 radical (unpaired) electrons. The van der Waals surface area contributed by atoms with Crippen molar-refractivity contribution in [1.29, 1.82) is 5.26 Å². The van der Waals surface area contributed by atoms with E-state index in [1.165, 1.54) is 18.3 Å². The number of nitriles is 1. The number of ether oxygens (including phenoxy) is 1. The number of aromatic nitrogens is 1. The van der Waals surface area contributed by atoms with E-state index in [0.29, 0.717) is 61.2 Å². The minimum atomic E-state index is -0.826. The molecule has 1 spiro atoms. The Bertz CT molecular complexity index is 1240. The van der Waals surface area contributed by atoms with E-state index in [2.05, 4.69) is 10.3 Å². The average molecular weight is 510 g/mol. The number of hydrogen-bond acceptors (Lipinski definition) is 7. The summed E-state index contributed by atoms with van der Waals surface area (Å²) in [4.78, 5) is 33.9. The van der Waals surface area contributed by atoms with Crippen LogP contribution in [0.5, 0.6) is 0 Å². The molecule has 2 saturated heterocycles. The molecule has 1 atom stereocenters. The largest absolute Gasteiger partial charge is 0.381 e. The van der Waals surface area contributed by atoms with Gasteiger partial charge in [0.15, 0.2) is 5.50 Å². The van der Waals surface area contributed by atoms with Crippen LogP contribution in [0.3, 0.4) is 0 Å². The van der Waals surface area contributed by atoms with E-state index in [-0.39, 0.29) is 11.5 Å². The van der Waals surface area contributed by atoms with Gasteiger partial charge in [-0.25, -0.2) is 9.37 Å². The highest BCUT2D eigenvalue weighted by Crippen LogP contribution is 2.50. The summed E-state index contributed by atoms with van der Waals surface area (Å²) in [6, 6.07) is 8.23. The minimum Gasteiger partial charge on any atom is -0.381 e. The lowest BCUT2D eigenvalue weighted by molar-refractivity contribution is -0.124. The monoisotopic (exact) mass is 509 g/mol. The van der Waals surface area contributed by atoms with Crippen LogP contribution in [-0.2, 0) is 9.53 Å². The summed E-state index contributed by atoms with van der Waals surface area (Å²) in [5.41, 5.74) is 0.430. The molecule has 1 aliphatic carbocycles. The van der Waals surface area contributed by atoms with Crippen LogP contribution in [0.4, 0.5) is 15.8 Å². The summed E-state index contributed by atoms with van der Waals surface area (Å²) in [6.45, 7) is 3.61. The van der Waals surface area contributed by atoms with Crippen LogP contribution >= 0.6 is 12.6 Å². The Morgan fingerprint density at radius 2 is 2.06 bits per heavy atom. The van der Waals surface area contributed by atoms with E-state index in [4.69, 9.17) is 17.4 Å². The van der Waals surface area contributed by atoms with Gasteiger partial charge in [0.25, 0.3) is 11.8 Å². The normalized spacial score (nSPS) is 21.4. The number of rotatable bonds is 5. The molecule has 188 valence electrons. The van der Waals surface area contributed by atoms with Crippen LogP contribution in [0, 0.1) is 30.0 Å². The smallest absolute Gasteiger partial charge is 0.255 e. The van der Waals surface area contributed by atoms with Gasteiger partial charge in [0.05, 0.1) is 17.4 Å². The SMILES string of the molecule is Cc1cc(N2C(=O)C3(CCC3)N(c3ccc(C(=O)NCC4CCOCC4)c(F)c3)C2S)cnc1C#N. The number of nitrogens with zero attached hydrogens (tertiary/aromatic N) is 4. The lowest BCUT2D eigenvalue weighted by Crippen LogP contribution is -2.55. The number of benzene rings is 1. The lowest BCUT2D eigenvalue weighted by atomic mass is 9.75. The van der Waals surface area contributed by atoms with E-state index >= 15 is 4.39 Å². The Morgan fingerprint density at radius 1 is 1.31 bits per heavy atom. The highest BCUT2D eigenvalue weighted by molar-refractivity contribution is 7.81. The molecule has 5 rings (SSSR count). The first-order valence-electron chi connectivity index (χ1n) is 12.2. The molecular formula is C26H28FN5O3S. The van der Waals surface area contributed by atoms with Crippen molar-refractivity contribution in [1.82, 2.24) is 10.3 Å². The highest BCUT2D eigenvalue weighted by atomic mass is 32.1. The van der Waals surface area contributed by atoms with Gasteiger partial charge >= 0.3 is 0 Å². The number of aryl methyl sites for hydroxylation is 1. The van der Waals surface area contributed by atoms with Gasteiger partial charge in [0.1, 0.15) is 23.1 Å². The zero-order chi connectivity index (χ0) is 25.4. The van der Waals surface area contributed by atoms with Crippen LogP contribution in [-0.4, -0.2) is 47.6 Å². The van der Waals surface area contributed by atoms with Crippen molar-refractivity contribution in [2.45, 2.75) is 50.1 Å². The molecule has 10 heteroatoms. The highest BCUT2D eigenvalue weighted by Gasteiger charge is 2.60. The van der Waals surface area contributed by atoms with E-state index in [1.807, 2.05) is 11.0 Å². The van der Waals surface area contributed by atoms with Crippen molar-refractivity contribution in [2.75, 3.05) is 29.6 Å². The first-order chi connectivity index (χ1) is 17.4. The number of halogens is 1. The molecule has 1 aromatic heterocycles. The Labute approximate surface area is 214 Å². The van der Waals surface area contributed by atoms with Crippen molar-refractivity contribution in [3.63, 3.8) is 0 Å². The second-order valence-electron chi connectivity index (χ2n) is 9.68. The molecule has 3 heterocycles. The Hall–Kier alpha value is -3.16. The molecule has 3 fully saturated rings. The summed E-state index contributed by atoms with van der Waals surface area (Å²) in [6.07, 6.45) is 5.36. The van der Waals surface area contributed by atoms with Gasteiger partial charge in [-0.3, -0.25) is 14.5 Å². The second kappa shape index (κ2) is 9.71. The fourth-order valence-electron chi connectivity index (χ4n) is 5.30. The van der Waals surface area contributed by atoms with Crippen molar-refractivity contribution in [3.8, 4) is 6.07 Å². The van der Waals surface area contributed by atoms with Crippen molar-refractivity contribution >= 4 is 35.8 Å². The summed E-state index contributed by atoms with van der Waals surface area (Å²) < 4.78 is 20.5. The van der Waals surface area contributed by atoms with Crippen molar-refractivity contribution < 1.29 is 18.7 Å².